The molecule has 2 aliphatic rings. The minimum Gasteiger partial charge on any atom is -0.337 e. The van der Waals surface area contributed by atoms with Gasteiger partial charge in [-0.3, -0.25) is 4.79 Å². The van der Waals surface area contributed by atoms with Gasteiger partial charge < -0.3 is 9.80 Å². The van der Waals surface area contributed by atoms with Crippen LogP contribution in [0.4, 0.5) is 5.95 Å². The molecule has 4 rings (SSSR count). The van der Waals surface area contributed by atoms with Crippen molar-refractivity contribution in [2.45, 2.75) is 24.2 Å². The normalized spacial score (nSPS) is 18.4. The molecule has 2 aromatic rings. The van der Waals surface area contributed by atoms with Crippen molar-refractivity contribution >= 4 is 33.5 Å². The van der Waals surface area contributed by atoms with Crippen molar-refractivity contribution in [3.05, 3.63) is 47.2 Å². The van der Waals surface area contributed by atoms with Crippen molar-refractivity contribution in [2.75, 3.05) is 44.2 Å². The zero-order valence-corrected chi connectivity index (χ0v) is 18.1. The second-order valence-corrected chi connectivity index (χ2v) is 9.75. The third kappa shape index (κ3) is 4.28. The molecule has 1 aromatic carbocycles. The van der Waals surface area contributed by atoms with Crippen molar-refractivity contribution in [2.24, 2.45) is 0 Å². The third-order valence-corrected chi connectivity index (χ3v) is 7.89. The molecular weight excluding hydrogens is 426 g/mol. The van der Waals surface area contributed by atoms with Crippen molar-refractivity contribution in [3.8, 4) is 0 Å². The molecule has 160 valence electrons. The Morgan fingerprint density at radius 2 is 1.60 bits per heavy atom. The Balaban J connectivity index is 1.49. The van der Waals surface area contributed by atoms with Crippen molar-refractivity contribution in [1.29, 1.82) is 0 Å². The van der Waals surface area contributed by atoms with E-state index in [2.05, 4.69) is 9.97 Å². The van der Waals surface area contributed by atoms with E-state index in [0.717, 1.165) is 19.3 Å². The average Bonchev–Trinajstić information content (AvgIpc) is 2.80. The van der Waals surface area contributed by atoms with Crippen molar-refractivity contribution < 1.29 is 13.2 Å². The number of anilines is 1. The number of piperazine rings is 1. The number of hydrogen-bond donors (Lipinski definition) is 0. The minimum absolute atomic E-state index is 0.00763. The molecule has 0 unspecified atom stereocenters. The standard InChI is InChI=1S/C20H24ClN5O3S/c21-17-6-5-16(15-18(17)30(28,29)26-9-2-1-3-10-26)19(27)24-11-13-25(14-12-24)20-22-7-4-8-23-20/h4-8,15H,1-3,9-14H2. The van der Waals surface area contributed by atoms with Gasteiger partial charge in [-0.25, -0.2) is 18.4 Å². The van der Waals surface area contributed by atoms with Gasteiger partial charge >= 0.3 is 0 Å². The number of nitrogens with zero attached hydrogens (tertiary/aromatic N) is 5. The summed E-state index contributed by atoms with van der Waals surface area (Å²) in [5.74, 6) is 0.446. The van der Waals surface area contributed by atoms with Gasteiger partial charge in [0.1, 0.15) is 4.90 Å². The van der Waals surface area contributed by atoms with E-state index in [1.54, 1.807) is 29.4 Å². The Morgan fingerprint density at radius 3 is 2.27 bits per heavy atom. The highest BCUT2D eigenvalue weighted by atomic mass is 35.5. The van der Waals surface area contributed by atoms with Gasteiger partial charge in [0.25, 0.3) is 5.91 Å². The molecule has 0 saturated carbocycles. The Kier molecular flexibility index (Phi) is 6.21. The molecule has 0 radical (unpaired) electrons. The smallest absolute Gasteiger partial charge is 0.254 e. The van der Waals surface area contributed by atoms with E-state index >= 15 is 0 Å². The summed E-state index contributed by atoms with van der Waals surface area (Å²) in [5.41, 5.74) is 0.333. The van der Waals surface area contributed by atoms with Gasteiger partial charge in [0.2, 0.25) is 16.0 Å². The molecule has 2 aliphatic heterocycles. The van der Waals surface area contributed by atoms with Crippen LogP contribution < -0.4 is 4.90 Å². The molecule has 2 fully saturated rings. The van der Waals surface area contributed by atoms with E-state index < -0.39 is 10.0 Å². The predicted molar refractivity (Wildman–Crippen MR) is 114 cm³/mol. The highest BCUT2D eigenvalue weighted by molar-refractivity contribution is 7.89. The molecule has 30 heavy (non-hydrogen) atoms. The number of carbonyl (C=O) groups is 1. The van der Waals surface area contributed by atoms with Gasteiger partial charge in [-0.15, -0.1) is 0 Å². The average molecular weight is 450 g/mol. The highest BCUT2D eigenvalue weighted by Gasteiger charge is 2.30. The lowest BCUT2D eigenvalue weighted by atomic mass is 10.2. The predicted octanol–water partition coefficient (Wildman–Crippen LogP) is 2.27. The Morgan fingerprint density at radius 1 is 0.933 bits per heavy atom. The van der Waals surface area contributed by atoms with Crippen LogP contribution in [0.25, 0.3) is 0 Å². The SMILES string of the molecule is O=C(c1ccc(Cl)c(S(=O)(=O)N2CCCCC2)c1)N1CCN(c2ncccn2)CC1. The van der Waals surface area contributed by atoms with Gasteiger partial charge in [-0.2, -0.15) is 4.31 Å². The first kappa shape index (κ1) is 21.0. The molecule has 1 aromatic heterocycles. The molecule has 10 heteroatoms. The largest absolute Gasteiger partial charge is 0.337 e. The lowest BCUT2D eigenvalue weighted by Gasteiger charge is -2.34. The van der Waals surface area contributed by atoms with Crippen molar-refractivity contribution in [1.82, 2.24) is 19.2 Å². The summed E-state index contributed by atoms with van der Waals surface area (Å²) < 4.78 is 27.6. The molecule has 0 aliphatic carbocycles. The first-order chi connectivity index (χ1) is 14.5. The van der Waals surface area contributed by atoms with E-state index in [4.69, 9.17) is 11.6 Å². The van der Waals surface area contributed by atoms with Crippen LogP contribution >= 0.6 is 11.6 Å². The van der Waals surface area contributed by atoms with Crippen LogP contribution in [-0.4, -0.2) is 72.8 Å². The van der Waals surface area contributed by atoms with E-state index in [1.807, 2.05) is 4.90 Å². The van der Waals surface area contributed by atoms with E-state index in [9.17, 15) is 13.2 Å². The van der Waals surface area contributed by atoms with E-state index in [0.29, 0.717) is 50.8 Å². The molecular formula is C20H24ClN5O3S. The molecule has 0 spiro atoms. The maximum absolute atomic E-state index is 13.1. The number of amides is 1. The Hall–Kier alpha value is -2.23. The van der Waals surface area contributed by atoms with Gasteiger partial charge in [0, 0.05) is 57.2 Å². The fraction of sp³-hybridized carbons (Fsp3) is 0.450. The van der Waals surface area contributed by atoms with Gasteiger partial charge in [0.15, 0.2) is 0 Å². The topological polar surface area (TPSA) is 86.7 Å². The van der Waals surface area contributed by atoms with Gasteiger partial charge in [0.05, 0.1) is 5.02 Å². The molecule has 2 saturated heterocycles. The monoisotopic (exact) mass is 449 g/mol. The maximum atomic E-state index is 13.1. The van der Waals surface area contributed by atoms with Crippen molar-refractivity contribution in [3.63, 3.8) is 0 Å². The number of sulfonamides is 1. The van der Waals surface area contributed by atoms with Crippen LogP contribution in [0.1, 0.15) is 29.6 Å². The summed E-state index contributed by atoms with van der Waals surface area (Å²) in [6.45, 7) is 3.22. The number of piperidine rings is 1. The van der Waals surface area contributed by atoms with Crippen LogP contribution in [0.3, 0.4) is 0 Å². The van der Waals surface area contributed by atoms with Crippen LogP contribution in [0.15, 0.2) is 41.6 Å². The number of benzene rings is 1. The summed E-state index contributed by atoms with van der Waals surface area (Å²) in [4.78, 5) is 25.3. The number of rotatable bonds is 4. The lowest BCUT2D eigenvalue weighted by molar-refractivity contribution is 0.0746. The second kappa shape index (κ2) is 8.87. The summed E-state index contributed by atoms with van der Waals surface area (Å²) in [5, 5.41) is 0.142. The fourth-order valence-corrected chi connectivity index (χ4v) is 5.84. The molecule has 0 atom stereocenters. The van der Waals surface area contributed by atoms with Gasteiger partial charge in [-0.05, 0) is 37.1 Å². The minimum atomic E-state index is -3.72. The Bertz CT molecular complexity index is 1000. The fourth-order valence-electron chi connectivity index (χ4n) is 3.83. The van der Waals surface area contributed by atoms with Crippen LogP contribution in [-0.2, 0) is 10.0 Å². The number of halogens is 1. The number of hydrogen-bond acceptors (Lipinski definition) is 6. The molecule has 0 bridgehead atoms. The summed E-state index contributed by atoms with van der Waals surface area (Å²) in [6.07, 6.45) is 6.09. The summed E-state index contributed by atoms with van der Waals surface area (Å²) >= 11 is 6.23. The first-order valence-electron chi connectivity index (χ1n) is 10.1. The zero-order valence-electron chi connectivity index (χ0n) is 16.6. The second-order valence-electron chi connectivity index (χ2n) is 7.44. The molecule has 8 nitrogen and oxygen atoms in total. The quantitative estimate of drug-likeness (QED) is 0.711. The van der Waals surface area contributed by atoms with Gasteiger partial charge in [-0.1, -0.05) is 18.0 Å². The van der Waals surface area contributed by atoms with Crippen LogP contribution in [0.2, 0.25) is 5.02 Å². The maximum Gasteiger partial charge on any atom is 0.254 e. The molecule has 3 heterocycles. The first-order valence-corrected chi connectivity index (χ1v) is 11.9. The van der Waals surface area contributed by atoms with Crippen LogP contribution in [0, 0.1) is 0 Å². The molecule has 0 N–H and O–H groups in total. The van der Waals surface area contributed by atoms with E-state index in [1.165, 1.54) is 16.4 Å². The third-order valence-electron chi connectivity index (χ3n) is 5.51. The molecule has 1 amide bonds. The summed E-state index contributed by atoms with van der Waals surface area (Å²) in [6, 6.07) is 6.27. The summed E-state index contributed by atoms with van der Waals surface area (Å²) in [7, 11) is -3.72. The zero-order chi connectivity index (χ0) is 21.1. The Labute approximate surface area is 181 Å². The van der Waals surface area contributed by atoms with Crippen LogP contribution in [0.5, 0.6) is 0 Å². The number of aromatic nitrogens is 2. The highest BCUT2D eigenvalue weighted by Crippen LogP contribution is 2.28. The lowest BCUT2D eigenvalue weighted by Crippen LogP contribution is -2.49. The van der Waals surface area contributed by atoms with E-state index in [-0.39, 0.29) is 15.8 Å². The number of carbonyl (C=O) groups excluding carboxylic acids is 1.